The molecule has 0 radical (unpaired) electrons. The number of thioether (sulfide) groups is 1. The molecule has 3 heterocycles. The molecule has 0 spiro atoms. The molecule has 2 aromatic heterocycles. The molecule has 1 aliphatic heterocycles. The van der Waals surface area contributed by atoms with Crippen molar-refractivity contribution in [1.82, 2.24) is 29.2 Å². The first kappa shape index (κ1) is 35.1. The second-order valence-corrected chi connectivity index (χ2v) is 14.3. The zero-order valence-corrected chi connectivity index (χ0v) is 29.2. The number of alkyl halides is 3. The number of hydrogen-bond acceptors (Lipinski definition) is 6. The zero-order valence-electron chi connectivity index (χ0n) is 28.3. The summed E-state index contributed by atoms with van der Waals surface area (Å²) >= 11 is 1.46. The van der Waals surface area contributed by atoms with Crippen LogP contribution in [-0.2, 0) is 44.3 Å². The third kappa shape index (κ3) is 8.44. The SMILES string of the molecule is O=c1nc(SCc2ccc(F)cc2)n(Cc2nnc(CCCCN3CCCC3)n2Cc2ccc(-c3ccc(C(F)(F)F)cc3)cc2)c2c1CCC2. The van der Waals surface area contributed by atoms with Crippen LogP contribution >= 0.6 is 11.8 Å². The summed E-state index contributed by atoms with van der Waals surface area (Å²) < 4.78 is 57.2. The molecule has 0 amide bonds. The Morgan fingerprint density at radius 1 is 0.725 bits per heavy atom. The van der Waals surface area contributed by atoms with Crippen LogP contribution in [0.15, 0.2) is 82.7 Å². The Labute approximate surface area is 298 Å². The van der Waals surface area contributed by atoms with Crippen LogP contribution in [0, 0.1) is 5.82 Å². The number of benzene rings is 3. The smallest absolute Gasteiger partial charge is 0.316 e. The third-order valence-corrected chi connectivity index (χ3v) is 10.9. The van der Waals surface area contributed by atoms with Crippen LogP contribution in [-0.4, -0.2) is 48.8 Å². The monoisotopic (exact) mass is 716 g/mol. The second-order valence-electron chi connectivity index (χ2n) is 13.4. The Kier molecular flexibility index (Phi) is 10.7. The van der Waals surface area contributed by atoms with Crippen molar-refractivity contribution in [2.45, 2.75) is 81.5 Å². The van der Waals surface area contributed by atoms with Gasteiger partial charge in [-0.15, -0.1) is 10.2 Å². The average Bonchev–Trinajstić information content (AvgIpc) is 3.91. The molecule has 1 aliphatic carbocycles. The number of fused-ring (bicyclic) bond motifs is 1. The van der Waals surface area contributed by atoms with Crippen LogP contribution in [0.5, 0.6) is 0 Å². The largest absolute Gasteiger partial charge is 0.416 e. The third-order valence-electron chi connectivity index (χ3n) is 9.85. The van der Waals surface area contributed by atoms with Crippen molar-refractivity contribution in [3.05, 3.63) is 129 Å². The molecular formula is C39H40F4N6OS. The fourth-order valence-electron chi connectivity index (χ4n) is 7.05. The van der Waals surface area contributed by atoms with E-state index in [2.05, 4.69) is 24.1 Å². The number of aryl methyl sites for hydroxylation is 1. The highest BCUT2D eigenvalue weighted by molar-refractivity contribution is 7.98. The summed E-state index contributed by atoms with van der Waals surface area (Å²) in [5.74, 6) is 1.90. The molecule has 51 heavy (non-hydrogen) atoms. The van der Waals surface area contributed by atoms with Crippen LogP contribution in [0.2, 0.25) is 0 Å². The Morgan fingerprint density at radius 3 is 2.10 bits per heavy atom. The van der Waals surface area contributed by atoms with Gasteiger partial charge in [0.05, 0.1) is 18.7 Å². The highest BCUT2D eigenvalue weighted by Crippen LogP contribution is 2.32. The molecule has 0 bridgehead atoms. The van der Waals surface area contributed by atoms with Gasteiger partial charge >= 0.3 is 6.18 Å². The topological polar surface area (TPSA) is 68.8 Å². The van der Waals surface area contributed by atoms with E-state index in [9.17, 15) is 22.4 Å². The molecule has 1 saturated heterocycles. The minimum Gasteiger partial charge on any atom is -0.316 e. The summed E-state index contributed by atoms with van der Waals surface area (Å²) in [4.78, 5) is 20.1. The molecule has 266 valence electrons. The molecular weight excluding hydrogens is 677 g/mol. The van der Waals surface area contributed by atoms with E-state index >= 15 is 0 Å². The van der Waals surface area contributed by atoms with Gasteiger partial charge in [0, 0.05) is 23.4 Å². The fraction of sp³-hybridized carbons (Fsp3) is 0.385. The Bertz CT molecular complexity index is 2000. The molecule has 7 rings (SSSR count). The van der Waals surface area contributed by atoms with E-state index in [1.165, 1.54) is 62.0 Å². The molecule has 3 aromatic carbocycles. The van der Waals surface area contributed by atoms with Gasteiger partial charge in [-0.3, -0.25) is 4.79 Å². The summed E-state index contributed by atoms with van der Waals surface area (Å²) in [5.41, 5.74) is 4.37. The Balaban J connectivity index is 1.15. The number of hydrogen-bond donors (Lipinski definition) is 0. The summed E-state index contributed by atoms with van der Waals surface area (Å²) in [6.07, 6.45) is 3.35. The van der Waals surface area contributed by atoms with E-state index in [0.29, 0.717) is 36.0 Å². The highest BCUT2D eigenvalue weighted by atomic mass is 32.2. The first-order chi connectivity index (χ1) is 24.7. The van der Waals surface area contributed by atoms with Gasteiger partial charge in [-0.25, -0.2) is 4.39 Å². The molecule has 0 atom stereocenters. The Hall–Kier alpha value is -4.29. The van der Waals surface area contributed by atoms with Crippen molar-refractivity contribution >= 4 is 11.8 Å². The highest BCUT2D eigenvalue weighted by Gasteiger charge is 2.30. The van der Waals surface area contributed by atoms with Crippen LogP contribution < -0.4 is 5.56 Å². The normalized spacial score (nSPS) is 14.7. The van der Waals surface area contributed by atoms with Gasteiger partial charge in [-0.05, 0) is 111 Å². The summed E-state index contributed by atoms with van der Waals surface area (Å²) in [6, 6.07) is 19.4. The predicted octanol–water partition coefficient (Wildman–Crippen LogP) is 7.96. The summed E-state index contributed by atoms with van der Waals surface area (Å²) in [7, 11) is 0. The number of rotatable bonds is 13. The maximum atomic E-state index is 13.6. The zero-order chi connectivity index (χ0) is 35.4. The molecule has 1 fully saturated rings. The number of likely N-dealkylation sites (tertiary alicyclic amines) is 1. The molecule has 2 aliphatic rings. The van der Waals surface area contributed by atoms with E-state index in [-0.39, 0.29) is 11.4 Å². The standard InChI is InChI=1S/C39H40F4N6OS/c40-32-19-11-28(12-20-32)26-51-38-44-37(50)33-6-5-7-34(33)48(38)25-36-46-45-35(8-1-2-21-47-22-3-4-23-47)49(36)24-27-9-13-29(14-10-27)30-15-17-31(18-16-30)39(41,42)43/h9-20H,1-8,21-26H2. The minimum absolute atomic E-state index is 0.186. The number of unbranched alkanes of at least 4 members (excludes halogenated alkanes) is 1. The second kappa shape index (κ2) is 15.5. The lowest BCUT2D eigenvalue weighted by Gasteiger charge is -2.18. The van der Waals surface area contributed by atoms with Crippen LogP contribution in [0.3, 0.4) is 0 Å². The lowest BCUT2D eigenvalue weighted by Crippen LogP contribution is -2.23. The van der Waals surface area contributed by atoms with Crippen molar-refractivity contribution in [3.8, 4) is 11.1 Å². The maximum Gasteiger partial charge on any atom is 0.416 e. The minimum atomic E-state index is -4.38. The first-order valence-electron chi connectivity index (χ1n) is 17.6. The van der Waals surface area contributed by atoms with E-state index < -0.39 is 11.7 Å². The van der Waals surface area contributed by atoms with E-state index in [4.69, 9.17) is 5.10 Å². The van der Waals surface area contributed by atoms with Gasteiger partial charge in [0.1, 0.15) is 11.6 Å². The van der Waals surface area contributed by atoms with Gasteiger partial charge in [0.2, 0.25) is 0 Å². The summed E-state index contributed by atoms with van der Waals surface area (Å²) in [5, 5.41) is 9.99. The Morgan fingerprint density at radius 2 is 1.39 bits per heavy atom. The van der Waals surface area contributed by atoms with Gasteiger partial charge in [0.15, 0.2) is 11.0 Å². The summed E-state index contributed by atoms with van der Waals surface area (Å²) in [6.45, 7) is 4.33. The van der Waals surface area contributed by atoms with Gasteiger partial charge in [-0.1, -0.05) is 60.3 Å². The van der Waals surface area contributed by atoms with E-state index in [0.717, 1.165) is 90.4 Å². The van der Waals surface area contributed by atoms with Crippen molar-refractivity contribution in [3.63, 3.8) is 0 Å². The molecule has 0 unspecified atom stereocenters. The van der Waals surface area contributed by atoms with Gasteiger partial charge < -0.3 is 14.0 Å². The van der Waals surface area contributed by atoms with Crippen molar-refractivity contribution in [2.75, 3.05) is 19.6 Å². The van der Waals surface area contributed by atoms with Crippen molar-refractivity contribution in [1.29, 1.82) is 0 Å². The average molecular weight is 717 g/mol. The maximum absolute atomic E-state index is 13.6. The van der Waals surface area contributed by atoms with E-state index in [1.54, 1.807) is 12.1 Å². The predicted molar refractivity (Wildman–Crippen MR) is 190 cm³/mol. The van der Waals surface area contributed by atoms with Crippen LogP contribution in [0.1, 0.15) is 71.7 Å². The van der Waals surface area contributed by atoms with E-state index in [1.807, 2.05) is 24.3 Å². The fourth-order valence-corrected chi connectivity index (χ4v) is 8.01. The van der Waals surface area contributed by atoms with Gasteiger partial charge in [-0.2, -0.15) is 18.2 Å². The number of nitrogens with zero attached hydrogens (tertiary/aromatic N) is 6. The number of halogens is 4. The first-order valence-corrected chi connectivity index (χ1v) is 18.6. The quantitative estimate of drug-likeness (QED) is 0.0534. The molecule has 0 N–H and O–H groups in total. The lowest BCUT2D eigenvalue weighted by molar-refractivity contribution is -0.137. The molecule has 0 saturated carbocycles. The molecule has 12 heteroatoms. The lowest BCUT2D eigenvalue weighted by atomic mass is 10.0. The number of aromatic nitrogens is 5. The van der Waals surface area contributed by atoms with Crippen molar-refractivity contribution in [2.24, 2.45) is 0 Å². The molecule has 5 aromatic rings. The van der Waals surface area contributed by atoms with Gasteiger partial charge in [0.25, 0.3) is 5.56 Å². The van der Waals surface area contributed by atoms with Crippen LogP contribution in [0.4, 0.5) is 17.6 Å². The van der Waals surface area contributed by atoms with Crippen molar-refractivity contribution < 1.29 is 17.6 Å². The molecule has 7 nitrogen and oxygen atoms in total. The van der Waals surface area contributed by atoms with Crippen LogP contribution in [0.25, 0.3) is 11.1 Å².